The third-order valence-electron chi connectivity index (χ3n) is 6.32. The summed E-state index contributed by atoms with van der Waals surface area (Å²) in [6.07, 6.45) is 1.54. The van der Waals surface area contributed by atoms with E-state index < -0.39 is 23.5 Å². The van der Waals surface area contributed by atoms with Crippen molar-refractivity contribution < 1.29 is 32.2 Å². The molecule has 2 amide bonds. The van der Waals surface area contributed by atoms with Gasteiger partial charge in [-0.15, -0.1) is 0 Å². The number of pyridine rings is 1. The Morgan fingerprint density at radius 1 is 0.857 bits per heavy atom. The molecule has 0 bridgehead atoms. The maximum atomic E-state index is 15.2. The van der Waals surface area contributed by atoms with Crippen molar-refractivity contribution in [1.82, 2.24) is 4.98 Å². The minimum Gasteiger partial charge on any atom is -0.493 e. The number of methoxy groups -OCH3 is 2. The number of carbonyl (C=O) groups excluding carboxylic acids is 1. The van der Waals surface area contributed by atoms with Crippen molar-refractivity contribution in [3.8, 4) is 23.0 Å². The van der Waals surface area contributed by atoms with Crippen LogP contribution in [0.15, 0.2) is 85.1 Å². The van der Waals surface area contributed by atoms with E-state index in [1.165, 1.54) is 26.4 Å². The molecule has 5 aromatic rings. The van der Waals surface area contributed by atoms with Gasteiger partial charge in [0.25, 0.3) is 0 Å². The van der Waals surface area contributed by atoms with E-state index in [-0.39, 0.29) is 23.7 Å². The first-order valence-electron chi connectivity index (χ1n) is 12.5. The lowest BCUT2D eigenvalue weighted by molar-refractivity contribution is 0.256. The van der Waals surface area contributed by atoms with Crippen molar-refractivity contribution in [3.63, 3.8) is 0 Å². The van der Waals surface area contributed by atoms with E-state index in [1.807, 2.05) is 0 Å². The quantitative estimate of drug-likeness (QED) is 0.196. The van der Waals surface area contributed by atoms with Gasteiger partial charge in [-0.05, 0) is 54.1 Å². The smallest absolute Gasteiger partial charge is 0.326 e. The zero-order valence-corrected chi connectivity index (χ0v) is 23.1. The molecule has 7 nitrogen and oxygen atoms in total. The number of nitrogens with zero attached hydrogens (tertiary/aromatic N) is 2. The fourth-order valence-corrected chi connectivity index (χ4v) is 4.37. The fourth-order valence-electron chi connectivity index (χ4n) is 4.25. The normalized spacial score (nSPS) is 10.8. The molecule has 0 unspecified atom stereocenters. The van der Waals surface area contributed by atoms with Crippen LogP contribution in [0.5, 0.6) is 23.0 Å². The standard InChI is InChI=1S/C31H23ClF3N3O4/c1-40-29-15-22-26(16-30(29)41-2)36-12-11-28(22)42-21-8-9-25(23(34)14-21)37-31(39)38(17-18-3-5-19(32)6-4-18)27-10-7-20(33)13-24(27)35/h3-16H,17H2,1-2H3,(H,37,39). The SMILES string of the molecule is COc1cc2nccc(Oc3ccc(NC(=O)N(Cc4ccc(Cl)cc4)c4ccc(F)cc4F)c(F)c3)c2cc1OC. The van der Waals surface area contributed by atoms with Gasteiger partial charge in [-0.1, -0.05) is 23.7 Å². The monoisotopic (exact) mass is 593 g/mol. The molecule has 1 heterocycles. The van der Waals surface area contributed by atoms with Crippen LogP contribution in [-0.4, -0.2) is 25.2 Å². The number of benzene rings is 4. The van der Waals surface area contributed by atoms with Crippen LogP contribution in [-0.2, 0) is 6.54 Å². The number of anilines is 2. The van der Waals surface area contributed by atoms with Gasteiger partial charge in [0.05, 0.1) is 37.7 Å². The molecule has 0 aliphatic heterocycles. The van der Waals surface area contributed by atoms with E-state index in [9.17, 15) is 13.6 Å². The molecule has 11 heteroatoms. The molecule has 1 aromatic heterocycles. The van der Waals surface area contributed by atoms with Gasteiger partial charge >= 0.3 is 6.03 Å². The second kappa shape index (κ2) is 12.3. The first-order valence-corrected chi connectivity index (χ1v) is 12.9. The van der Waals surface area contributed by atoms with Crippen LogP contribution < -0.4 is 24.4 Å². The second-order valence-electron chi connectivity index (χ2n) is 9.02. The summed E-state index contributed by atoms with van der Waals surface area (Å²) >= 11 is 5.95. The number of hydrogen-bond donors (Lipinski definition) is 1. The van der Waals surface area contributed by atoms with Gasteiger partial charge in [-0.3, -0.25) is 9.88 Å². The Labute approximate surface area is 244 Å². The molecule has 0 atom stereocenters. The molecule has 0 saturated carbocycles. The number of amides is 2. The molecule has 42 heavy (non-hydrogen) atoms. The average Bonchev–Trinajstić information content (AvgIpc) is 2.98. The second-order valence-corrected chi connectivity index (χ2v) is 9.45. The maximum Gasteiger partial charge on any atom is 0.326 e. The third kappa shape index (κ3) is 6.18. The Balaban J connectivity index is 1.40. The largest absolute Gasteiger partial charge is 0.493 e. The number of rotatable bonds is 8. The van der Waals surface area contributed by atoms with Gasteiger partial charge in [0, 0.05) is 34.8 Å². The highest BCUT2D eigenvalue weighted by molar-refractivity contribution is 6.30. The lowest BCUT2D eigenvalue weighted by Gasteiger charge is -2.24. The van der Waals surface area contributed by atoms with Crippen LogP contribution in [0.4, 0.5) is 29.3 Å². The predicted molar refractivity (Wildman–Crippen MR) is 154 cm³/mol. The van der Waals surface area contributed by atoms with Gasteiger partial charge in [-0.25, -0.2) is 18.0 Å². The molecular weight excluding hydrogens is 571 g/mol. The highest BCUT2D eigenvalue weighted by atomic mass is 35.5. The summed E-state index contributed by atoms with van der Waals surface area (Å²) in [5.41, 5.74) is 0.812. The number of halogens is 4. The molecule has 1 N–H and O–H groups in total. The number of hydrogen-bond acceptors (Lipinski definition) is 5. The summed E-state index contributed by atoms with van der Waals surface area (Å²) in [6, 6.07) is 17.4. The molecule has 0 spiro atoms. The maximum absolute atomic E-state index is 15.2. The van der Waals surface area contributed by atoms with Crippen molar-refractivity contribution in [3.05, 3.63) is 113 Å². The molecule has 0 aliphatic carbocycles. The third-order valence-corrected chi connectivity index (χ3v) is 6.57. The van der Waals surface area contributed by atoms with Crippen LogP contribution in [0, 0.1) is 17.5 Å². The topological polar surface area (TPSA) is 72.9 Å². The Morgan fingerprint density at radius 2 is 1.60 bits per heavy atom. The van der Waals surface area contributed by atoms with E-state index in [1.54, 1.807) is 48.7 Å². The summed E-state index contributed by atoms with van der Waals surface area (Å²) in [6.45, 7) is -0.0995. The zero-order chi connectivity index (χ0) is 29.8. The first-order chi connectivity index (χ1) is 20.2. The summed E-state index contributed by atoms with van der Waals surface area (Å²) in [7, 11) is 3.02. The first kappa shape index (κ1) is 28.6. The fraction of sp³-hybridized carbons (Fsp3) is 0.0968. The number of aromatic nitrogens is 1. The van der Waals surface area contributed by atoms with Gasteiger partial charge in [0.2, 0.25) is 0 Å². The van der Waals surface area contributed by atoms with Crippen LogP contribution in [0.2, 0.25) is 5.02 Å². The summed E-state index contributed by atoms with van der Waals surface area (Å²) in [5, 5.41) is 3.54. The van der Waals surface area contributed by atoms with Crippen molar-refractivity contribution in [2.24, 2.45) is 0 Å². The van der Waals surface area contributed by atoms with E-state index in [2.05, 4.69) is 10.3 Å². The lowest BCUT2D eigenvalue weighted by atomic mass is 10.1. The van der Waals surface area contributed by atoms with Crippen LogP contribution >= 0.6 is 11.6 Å². The molecule has 0 saturated heterocycles. The minimum absolute atomic E-state index is 0.0995. The van der Waals surface area contributed by atoms with Gasteiger partial charge in [0.15, 0.2) is 11.5 Å². The minimum atomic E-state index is -0.956. The highest BCUT2D eigenvalue weighted by Crippen LogP contribution is 2.37. The van der Waals surface area contributed by atoms with Crippen molar-refractivity contribution >= 4 is 39.9 Å². The highest BCUT2D eigenvalue weighted by Gasteiger charge is 2.22. The number of urea groups is 1. The molecular formula is C31H23ClF3N3O4. The van der Waals surface area contributed by atoms with Crippen molar-refractivity contribution in [2.45, 2.75) is 6.54 Å². The predicted octanol–water partition coefficient (Wildman–Crippen LogP) is 8.35. The van der Waals surface area contributed by atoms with Crippen LogP contribution in [0.3, 0.4) is 0 Å². The van der Waals surface area contributed by atoms with Crippen molar-refractivity contribution in [2.75, 3.05) is 24.4 Å². The molecule has 5 rings (SSSR count). The summed E-state index contributed by atoms with van der Waals surface area (Å²) in [5.74, 6) is -1.07. The Kier molecular flexibility index (Phi) is 8.35. The van der Waals surface area contributed by atoms with E-state index >= 15 is 4.39 Å². The van der Waals surface area contributed by atoms with Gasteiger partial charge < -0.3 is 19.5 Å². The Bertz CT molecular complexity index is 1770. The Morgan fingerprint density at radius 3 is 2.29 bits per heavy atom. The average molecular weight is 594 g/mol. The van der Waals surface area contributed by atoms with E-state index in [4.69, 9.17) is 25.8 Å². The molecule has 0 radical (unpaired) electrons. The molecule has 0 aliphatic rings. The molecule has 214 valence electrons. The summed E-state index contributed by atoms with van der Waals surface area (Å²) < 4.78 is 60.1. The van der Waals surface area contributed by atoms with E-state index in [0.29, 0.717) is 44.8 Å². The molecule has 0 fully saturated rings. The van der Waals surface area contributed by atoms with Gasteiger partial charge in [0.1, 0.15) is 29.0 Å². The van der Waals surface area contributed by atoms with Crippen LogP contribution in [0.25, 0.3) is 10.9 Å². The lowest BCUT2D eigenvalue weighted by Crippen LogP contribution is -2.35. The number of nitrogens with one attached hydrogen (secondary N) is 1. The van der Waals surface area contributed by atoms with Gasteiger partial charge in [-0.2, -0.15) is 0 Å². The number of carbonyl (C=O) groups is 1. The zero-order valence-electron chi connectivity index (χ0n) is 22.3. The Hall–Kier alpha value is -4.96. The van der Waals surface area contributed by atoms with E-state index in [0.717, 1.165) is 23.1 Å². The molecule has 4 aromatic carbocycles. The van der Waals surface area contributed by atoms with Crippen molar-refractivity contribution in [1.29, 1.82) is 0 Å². The number of ether oxygens (including phenoxy) is 3. The number of fused-ring (bicyclic) bond motifs is 1. The summed E-state index contributed by atoms with van der Waals surface area (Å²) in [4.78, 5) is 18.7. The van der Waals surface area contributed by atoms with Crippen LogP contribution in [0.1, 0.15) is 5.56 Å².